The molecule has 3 aromatic rings. The fraction of sp³-hybridized carbons (Fsp3) is 0.176. The average molecular weight is 384 g/mol. The van der Waals surface area contributed by atoms with Gasteiger partial charge < -0.3 is 9.47 Å². The van der Waals surface area contributed by atoms with E-state index in [0.29, 0.717) is 16.5 Å². The lowest BCUT2D eigenvalue weighted by molar-refractivity contribution is -0.141. The molecule has 0 aliphatic rings. The van der Waals surface area contributed by atoms with E-state index in [1.807, 2.05) is 0 Å². The van der Waals surface area contributed by atoms with Crippen molar-refractivity contribution in [2.45, 2.75) is 12.8 Å². The number of rotatable bonds is 5. The fourth-order valence-electron chi connectivity index (χ4n) is 2.10. The van der Waals surface area contributed by atoms with Crippen LogP contribution in [0.2, 0.25) is 5.02 Å². The lowest BCUT2D eigenvalue weighted by Crippen LogP contribution is -2.06. The van der Waals surface area contributed by atoms with Gasteiger partial charge in [0.05, 0.1) is 10.7 Å². The van der Waals surface area contributed by atoms with Gasteiger partial charge in [-0.25, -0.2) is 9.67 Å². The predicted molar refractivity (Wildman–Crippen MR) is 88.3 cm³/mol. The van der Waals surface area contributed by atoms with E-state index in [1.165, 1.54) is 13.1 Å². The maximum atomic E-state index is 12.7. The van der Waals surface area contributed by atoms with Crippen LogP contribution in [0.1, 0.15) is 11.4 Å². The summed E-state index contributed by atoms with van der Waals surface area (Å²) in [5.41, 5.74) is -0.506. The van der Waals surface area contributed by atoms with Gasteiger partial charge in [-0.05, 0) is 18.2 Å². The Kier molecular flexibility index (Phi) is 5.03. The molecule has 0 spiro atoms. The molecule has 0 fully saturated rings. The molecule has 26 heavy (non-hydrogen) atoms. The Bertz CT molecular complexity index is 912. The van der Waals surface area contributed by atoms with Crippen LogP contribution in [0.5, 0.6) is 17.5 Å². The van der Waals surface area contributed by atoms with Gasteiger partial charge in [0.15, 0.2) is 5.69 Å². The molecule has 0 bridgehead atoms. The Balaban J connectivity index is 1.72. The second-order valence-corrected chi connectivity index (χ2v) is 5.68. The van der Waals surface area contributed by atoms with E-state index in [9.17, 15) is 13.2 Å². The number of aryl methyl sites for hydroxylation is 1. The molecule has 5 nitrogen and oxygen atoms in total. The lowest BCUT2D eigenvalue weighted by Gasteiger charge is -2.09. The first-order chi connectivity index (χ1) is 12.3. The highest BCUT2D eigenvalue weighted by Crippen LogP contribution is 2.31. The highest BCUT2D eigenvalue weighted by molar-refractivity contribution is 6.32. The van der Waals surface area contributed by atoms with Crippen LogP contribution >= 0.6 is 11.6 Å². The number of para-hydroxylation sites is 1. The van der Waals surface area contributed by atoms with Crippen molar-refractivity contribution in [1.29, 1.82) is 0 Å². The van der Waals surface area contributed by atoms with Crippen molar-refractivity contribution in [2.24, 2.45) is 7.05 Å². The van der Waals surface area contributed by atoms with Crippen LogP contribution in [0.15, 0.2) is 48.5 Å². The van der Waals surface area contributed by atoms with Crippen molar-refractivity contribution in [3.05, 3.63) is 64.9 Å². The molecule has 0 aliphatic carbocycles. The van der Waals surface area contributed by atoms with Gasteiger partial charge in [-0.1, -0.05) is 29.8 Å². The van der Waals surface area contributed by atoms with E-state index < -0.39 is 11.9 Å². The number of aromatic nitrogens is 3. The molecule has 0 atom stereocenters. The fourth-order valence-corrected chi connectivity index (χ4v) is 2.29. The van der Waals surface area contributed by atoms with E-state index in [4.69, 9.17) is 21.1 Å². The van der Waals surface area contributed by atoms with E-state index in [2.05, 4.69) is 10.1 Å². The smallest absolute Gasteiger partial charge is 0.435 e. The third-order valence-electron chi connectivity index (χ3n) is 3.33. The summed E-state index contributed by atoms with van der Waals surface area (Å²) in [5, 5.41) is 3.85. The summed E-state index contributed by atoms with van der Waals surface area (Å²) in [6.45, 7) is 0.125. The molecule has 0 saturated heterocycles. The minimum atomic E-state index is -4.54. The molecule has 1 aromatic carbocycles. The minimum absolute atomic E-state index is 0.0750. The lowest BCUT2D eigenvalue weighted by atomic mass is 10.3. The molecule has 2 heterocycles. The number of pyridine rings is 1. The summed E-state index contributed by atoms with van der Waals surface area (Å²) in [6, 6.07) is 12.7. The molecule has 0 aliphatic heterocycles. The summed E-state index contributed by atoms with van der Waals surface area (Å²) >= 11 is 6.01. The normalized spacial score (nSPS) is 11.4. The molecule has 136 valence electrons. The first-order valence-electron chi connectivity index (χ1n) is 7.45. The van der Waals surface area contributed by atoms with Crippen molar-refractivity contribution in [3.63, 3.8) is 0 Å². The Morgan fingerprint density at radius 1 is 1.12 bits per heavy atom. The molecular weight excluding hydrogens is 371 g/mol. The first kappa shape index (κ1) is 18.1. The Hall–Kier alpha value is -2.74. The summed E-state index contributed by atoms with van der Waals surface area (Å²) in [6.07, 6.45) is -4.54. The van der Waals surface area contributed by atoms with Gasteiger partial charge in [0.25, 0.3) is 0 Å². The van der Waals surface area contributed by atoms with Crippen LogP contribution in [-0.4, -0.2) is 14.8 Å². The number of benzene rings is 1. The molecule has 0 N–H and O–H groups in total. The van der Waals surface area contributed by atoms with Crippen molar-refractivity contribution in [1.82, 2.24) is 14.8 Å². The number of halogens is 4. The van der Waals surface area contributed by atoms with E-state index in [1.54, 1.807) is 36.4 Å². The standard InChI is InChI=1S/C17H13ClF3N3O2/c1-24-16(9-14(23-24)17(19,20)21)26-15-8-4-5-11(22-15)10-25-13-7-3-2-6-12(13)18/h2-9H,10H2,1H3. The third-order valence-corrected chi connectivity index (χ3v) is 3.64. The monoisotopic (exact) mass is 383 g/mol. The number of hydrogen-bond donors (Lipinski definition) is 0. The minimum Gasteiger partial charge on any atom is -0.486 e. The number of hydrogen-bond acceptors (Lipinski definition) is 4. The van der Waals surface area contributed by atoms with Crippen molar-refractivity contribution in [2.75, 3.05) is 0 Å². The zero-order valence-corrected chi connectivity index (χ0v) is 14.3. The number of alkyl halides is 3. The highest BCUT2D eigenvalue weighted by Gasteiger charge is 2.35. The van der Waals surface area contributed by atoms with E-state index in [0.717, 1.165) is 10.7 Å². The maximum absolute atomic E-state index is 12.7. The zero-order chi connectivity index (χ0) is 18.7. The van der Waals surface area contributed by atoms with Crippen LogP contribution in [0, 0.1) is 0 Å². The van der Waals surface area contributed by atoms with E-state index >= 15 is 0 Å². The van der Waals surface area contributed by atoms with E-state index in [-0.39, 0.29) is 18.4 Å². The van der Waals surface area contributed by atoms with Gasteiger partial charge >= 0.3 is 6.18 Å². The Morgan fingerprint density at radius 2 is 1.88 bits per heavy atom. The molecular formula is C17H13ClF3N3O2. The summed E-state index contributed by atoms with van der Waals surface area (Å²) < 4.78 is 50.1. The molecule has 0 amide bonds. The molecule has 3 rings (SSSR count). The van der Waals surface area contributed by atoms with Crippen molar-refractivity contribution >= 4 is 11.6 Å². The molecule has 0 radical (unpaired) electrons. The van der Waals surface area contributed by atoms with Gasteiger partial charge in [-0.3, -0.25) is 0 Å². The number of nitrogens with zero attached hydrogens (tertiary/aromatic N) is 3. The van der Waals surface area contributed by atoms with Crippen LogP contribution in [0.4, 0.5) is 13.2 Å². The SMILES string of the molecule is Cn1nc(C(F)(F)F)cc1Oc1cccc(COc2ccccc2Cl)n1. The largest absolute Gasteiger partial charge is 0.486 e. The summed E-state index contributed by atoms with van der Waals surface area (Å²) in [5.74, 6) is 0.555. The van der Waals surface area contributed by atoms with Gasteiger partial charge in [0, 0.05) is 19.2 Å². The average Bonchev–Trinajstić information content (AvgIpc) is 2.96. The second kappa shape index (κ2) is 7.25. The summed E-state index contributed by atoms with van der Waals surface area (Å²) in [4.78, 5) is 4.21. The topological polar surface area (TPSA) is 49.2 Å². The second-order valence-electron chi connectivity index (χ2n) is 5.28. The molecule has 9 heteroatoms. The van der Waals surface area contributed by atoms with Gasteiger partial charge in [-0.2, -0.15) is 18.3 Å². The van der Waals surface area contributed by atoms with Crippen molar-refractivity contribution < 1.29 is 22.6 Å². The van der Waals surface area contributed by atoms with Gasteiger partial charge in [0.1, 0.15) is 12.4 Å². The summed E-state index contributed by atoms with van der Waals surface area (Å²) in [7, 11) is 1.36. The maximum Gasteiger partial charge on any atom is 0.435 e. The highest BCUT2D eigenvalue weighted by atomic mass is 35.5. The van der Waals surface area contributed by atoms with Gasteiger partial charge in [-0.15, -0.1) is 0 Å². The predicted octanol–water partition coefficient (Wildman–Crippen LogP) is 4.86. The number of ether oxygens (including phenoxy) is 2. The van der Waals surface area contributed by atoms with Crippen LogP contribution < -0.4 is 9.47 Å². The van der Waals surface area contributed by atoms with Crippen LogP contribution in [0.3, 0.4) is 0 Å². The third kappa shape index (κ3) is 4.26. The van der Waals surface area contributed by atoms with Gasteiger partial charge in [0.2, 0.25) is 11.8 Å². The quantitative estimate of drug-likeness (QED) is 0.631. The molecule has 2 aromatic heterocycles. The molecule has 0 saturated carbocycles. The Morgan fingerprint density at radius 3 is 2.58 bits per heavy atom. The van der Waals surface area contributed by atoms with Crippen LogP contribution in [0.25, 0.3) is 0 Å². The van der Waals surface area contributed by atoms with Crippen molar-refractivity contribution in [3.8, 4) is 17.5 Å². The Labute approximate surface area is 151 Å². The first-order valence-corrected chi connectivity index (χ1v) is 7.83. The van der Waals surface area contributed by atoms with Crippen LogP contribution in [-0.2, 0) is 19.8 Å². The molecule has 0 unspecified atom stereocenters. The zero-order valence-electron chi connectivity index (χ0n) is 13.5.